The molecule has 0 bridgehead atoms. The average molecular weight is 214 g/mol. The van der Waals surface area contributed by atoms with Crippen LogP contribution in [0.4, 0.5) is 0 Å². The molecule has 1 fully saturated rings. The molecule has 88 valence electrons. The van der Waals surface area contributed by atoms with Crippen LogP contribution in [-0.4, -0.2) is 43.7 Å². The fraction of sp³-hybridized carbons (Fsp3) is 0.909. The molecule has 1 heterocycles. The Bertz CT molecular complexity index is 191. The highest BCUT2D eigenvalue weighted by Gasteiger charge is 2.17. The molecule has 1 unspecified atom stereocenters. The van der Waals surface area contributed by atoms with E-state index in [0.29, 0.717) is 0 Å². The van der Waals surface area contributed by atoms with Gasteiger partial charge in [0.25, 0.3) is 0 Å². The summed E-state index contributed by atoms with van der Waals surface area (Å²) in [5.41, 5.74) is 5.36. The van der Waals surface area contributed by atoms with Gasteiger partial charge in [-0.1, -0.05) is 13.3 Å². The Morgan fingerprint density at radius 2 is 2.07 bits per heavy atom. The van der Waals surface area contributed by atoms with Crippen molar-refractivity contribution < 1.29 is 9.53 Å². The van der Waals surface area contributed by atoms with Crippen LogP contribution < -0.4 is 5.73 Å². The van der Waals surface area contributed by atoms with E-state index in [1.165, 1.54) is 0 Å². The predicted octanol–water partition coefficient (Wildman–Crippen LogP) is 0.610. The Hall–Kier alpha value is -0.610. The maximum absolute atomic E-state index is 11.1. The van der Waals surface area contributed by atoms with E-state index >= 15 is 0 Å². The van der Waals surface area contributed by atoms with Gasteiger partial charge in [0.2, 0.25) is 5.91 Å². The highest BCUT2D eigenvalue weighted by Crippen LogP contribution is 2.12. The Kier molecular flexibility index (Phi) is 5.65. The molecule has 0 aromatic heterocycles. The van der Waals surface area contributed by atoms with Gasteiger partial charge in [-0.15, -0.1) is 0 Å². The lowest BCUT2D eigenvalue weighted by Gasteiger charge is -2.27. The molecule has 1 atom stereocenters. The number of amides is 1. The molecule has 1 rings (SSSR count). The summed E-state index contributed by atoms with van der Waals surface area (Å²) in [6.45, 7) is 6.65. The fourth-order valence-corrected chi connectivity index (χ4v) is 1.94. The summed E-state index contributed by atoms with van der Waals surface area (Å²) in [7, 11) is 0. The second kappa shape index (κ2) is 6.80. The van der Waals surface area contributed by atoms with Crippen LogP contribution in [0.15, 0.2) is 0 Å². The zero-order valence-electron chi connectivity index (χ0n) is 9.58. The van der Waals surface area contributed by atoms with E-state index in [-0.39, 0.29) is 11.8 Å². The lowest BCUT2D eigenvalue weighted by Crippen LogP contribution is -2.38. The summed E-state index contributed by atoms with van der Waals surface area (Å²) in [5, 5.41) is 0. The molecule has 0 saturated carbocycles. The minimum atomic E-state index is -0.148. The van der Waals surface area contributed by atoms with E-state index in [9.17, 15) is 4.79 Å². The first kappa shape index (κ1) is 12.5. The van der Waals surface area contributed by atoms with Crippen molar-refractivity contribution in [3.05, 3.63) is 0 Å². The third-order valence-electron chi connectivity index (χ3n) is 2.94. The zero-order chi connectivity index (χ0) is 11.1. The molecule has 4 heteroatoms. The number of carbonyl (C=O) groups is 1. The number of morpholine rings is 1. The van der Waals surface area contributed by atoms with Crippen molar-refractivity contribution in [2.75, 3.05) is 32.8 Å². The molecule has 4 nitrogen and oxygen atoms in total. The third kappa shape index (κ3) is 4.62. The number of nitrogens with two attached hydrogens (primary N) is 1. The Morgan fingerprint density at radius 3 is 2.60 bits per heavy atom. The largest absolute Gasteiger partial charge is 0.379 e. The summed E-state index contributed by atoms with van der Waals surface area (Å²) in [4.78, 5) is 13.5. The monoisotopic (exact) mass is 214 g/mol. The summed E-state index contributed by atoms with van der Waals surface area (Å²) in [6.07, 6.45) is 2.83. The first-order valence-corrected chi connectivity index (χ1v) is 5.83. The molecular formula is C11H22N2O2. The number of carbonyl (C=O) groups excluding carboxylic acids is 1. The number of ether oxygens (including phenoxy) is 1. The van der Waals surface area contributed by atoms with E-state index < -0.39 is 0 Å². The van der Waals surface area contributed by atoms with Gasteiger partial charge >= 0.3 is 0 Å². The molecule has 0 aromatic rings. The maximum atomic E-state index is 11.1. The minimum absolute atomic E-state index is 0.0536. The van der Waals surface area contributed by atoms with E-state index in [4.69, 9.17) is 10.5 Å². The van der Waals surface area contributed by atoms with Crippen LogP contribution in [-0.2, 0) is 9.53 Å². The van der Waals surface area contributed by atoms with Crippen molar-refractivity contribution in [1.82, 2.24) is 4.90 Å². The maximum Gasteiger partial charge on any atom is 0.220 e. The lowest BCUT2D eigenvalue weighted by atomic mass is 9.99. The SMILES string of the molecule is CCCC(CCN1CCOCC1)C(N)=O. The molecule has 1 aliphatic heterocycles. The molecule has 0 radical (unpaired) electrons. The Morgan fingerprint density at radius 1 is 1.40 bits per heavy atom. The normalized spacial score (nSPS) is 20.1. The van der Waals surface area contributed by atoms with E-state index in [1.807, 2.05) is 0 Å². The van der Waals surface area contributed by atoms with Crippen molar-refractivity contribution in [2.24, 2.45) is 11.7 Å². The van der Waals surface area contributed by atoms with Crippen molar-refractivity contribution in [3.8, 4) is 0 Å². The quantitative estimate of drug-likeness (QED) is 0.705. The van der Waals surface area contributed by atoms with Gasteiger partial charge in [0.15, 0.2) is 0 Å². The first-order valence-electron chi connectivity index (χ1n) is 5.83. The van der Waals surface area contributed by atoms with Gasteiger partial charge in [-0.05, 0) is 19.4 Å². The van der Waals surface area contributed by atoms with Gasteiger partial charge in [-0.3, -0.25) is 9.69 Å². The number of hydrogen-bond acceptors (Lipinski definition) is 3. The molecule has 0 aromatic carbocycles. The van der Waals surface area contributed by atoms with Crippen LogP contribution in [0.3, 0.4) is 0 Å². The van der Waals surface area contributed by atoms with Crippen LogP contribution in [0.25, 0.3) is 0 Å². The van der Waals surface area contributed by atoms with Crippen molar-refractivity contribution in [3.63, 3.8) is 0 Å². The molecule has 0 aliphatic carbocycles. The lowest BCUT2D eigenvalue weighted by molar-refractivity contribution is -0.122. The topological polar surface area (TPSA) is 55.6 Å². The summed E-state index contributed by atoms with van der Waals surface area (Å²) in [5.74, 6) is -0.0945. The number of hydrogen-bond donors (Lipinski definition) is 1. The van der Waals surface area contributed by atoms with E-state index in [2.05, 4.69) is 11.8 Å². The second-order valence-electron chi connectivity index (χ2n) is 4.13. The average Bonchev–Trinajstić information content (AvgIpc) is 2.25. The van der Waals surface area contributed by atoms with Crippen LogP contribution >= 0.6 is 0 Å². The molecule has 1 amide bonds. The number of rotatable bonds is 6. The van der Waals surface area contributed by atoms with Crippen molar-refractivity contribution >= 4 is 5.91 Å². The van der Waals surface area contributed by atoms with E-state index in [1.54, 1.807) is 0 Å². The molecular weight excluding hydrogens is 192 g/mol. The van der Waals surface area contributed by atoms with Gasteiger partial charge < -0.3 is 10.5 Å². The molecule has 1 aliphatic rings. The van der Waals surface area contributed by atoms with E-state index in [0.717, 1.165) is 52.1 Å². The number of nitrogens with zero attached hydrogens (tertiary/aromatic N) is 1. The predicted molar refractivity (Wildman–Crippen MR) is 59.5 cm³/mol. The zero-order valence-corrected chi connectivity index (χ0v) is 9.58. The molecule has 1 saturated heterocycles. The van der Waals surface area contributed by atoms with Crippen LogP contribution in [0.1, 0.15) is 26.2 Å². The van der Waals surface area contributed by atoms with Gasteiger partial charge in [0, 0.05) is 19.0 Å². The minimum Gasteiger partial charge on any atom is -0.379 e. The van der Waals surface area contributed by atoms with Gasteiger partial charge in [0.1, 0.15) is 0 Å². The van der Waals surface area contributed by atoms with Gasteiger partial charge in [-0.2, -0.15) is 0 Å². The first-order chi connectivity index (χ1) is 7.24. The van der Waals surface area contributed by atoms with Crippen molar-refractivity contribution in [1.29, 1.82) is 0 Å². The molecule has 15 heavy (non-hydrogen) atoms. The molecule has 2 N–H and O–H groups in total. The van der Waals surface area contributed by atoms with Crippen LogP contribution in [0.2, 0.25) is 0 Å². The summed E-state index contributed by atoms with van der Waals surface area (Å²) < 4.78 is 5.27. The molecule has 0 spiro atoms. The van der Waals surface area contributed by atoms with Gasteiger partial charge in [0.05, 0.1) is 13.2 Å². The Labute approximate surface area is 91.8 Å². The standard InChI is InChI=1S/C11H22N2O2/c1-2-3-10(11(12)14)4-5-13-6-8-15-9-7-13/h10H,2-9H2,1H3,(H2,12,14). The third-order valence-corrected chi connectivity index (χ3v) is 2.94. The summed E-state index contributed by atoms with van der Waals surface area (Å²) >= 11 is 0. The second-order valence-corrected chi connectivity index (χ2v) is 4.13. The Balaban J connectivity index is 2.22. The van der Waals surface area contributed by atoms with Crippen LogP contribution in [0.5, 0.6) is 0 Å². The number of primary amides is 1. The smallest absolute Gasteiger partial charge is 0.220 e. The summed E-state index contributed by atoms with van der Waals surface area (Å²) in [6, 6.07) is 0. The fourth-order valence-electron chi connectivity index (χ4n) is 1.94. The van der Waals surface area contributed by atoms with Gasteiger partial charge in [-0.25, -0.2) is 0 Å². The highest BCUT2D eigenvalue weighted by atomic mass is 16.5. The highest BCUT2D eigenvalue weighted by molar-refractivity contribution is 5.76. The van der Waals surface area contributed by atoms with Crippen LogP contribution in [0, 0.1) is 5.92 Å². The van der Waals surface area contributed by atoms with Crippen molar-refractivity contribution in [2.45, 2.75) is 26.2 Å².